The molecule has 1 unspecified atom stereocenters. The topological polar surface area (TPSA) is 78.9 Å². The van der Waals surface area contributed by atoms with Crippen molar-refractivity contribution in [1.29, 1.82) is 0 Å². The van der Waals surface area contributed by atoms with E-state index < -0.39 is 17.4 Å². The van der Waals surface area contributed by atoms with Crippen LogP contribution in [0.5, 0.6) is 0 Å². The summed E-state index contributed by atoms with van der Waals surface area (Å²) in [5.74, 6) is -0.924. The fourth-order valence-electron chi connectivity index (χ4n) is 3.34. The number of likely N-dealkylation sites (tertiary alicyclic amines) is 1. The predicted octanol–water partition coefficient (Wildman–Crippen LogP) is 0.468. The molecule has 0 aromatic rings. The summed E-state index contributed by atoms with van der Waals surface area (Å²) < 4.78 is 5.27. The molecule has 0 spiro atoms. The lowest BCUT2D eigenvalue weighted by molar-refractivity contribution is -0.160. The molecule has 114 valence electrons. The summed E-state index contributed by atoms with van der Waals surface area (Å²) >= 11 is 0. The number of nitrogens with one attached hydrogen (secondary N) is 1. The van der Waals surface area contributed by atoms with Gasteiger partial charge < -0.3 is 20.1 Å². The number of methoxy groups -OCH3 is 1. The maximum atomic E-state index is 12.9. The fourth-order valence-corrected chi connectivity index (χ4v) is 3.34. The van der Waals surface area contributed by atoms with Crippen LogP contribution in [-0.4, -0.2) is 61.3 Å². The highest BCUT2D eigenvalue weighted by Crippen LogP contribution is 2.34. The van der Waals surface area contributed by atoms with Crippen molar-refractivity contribution in [2.75, 3.05) is 33.4 Å². The van der Waals surface area contributed by atoms with E-state index in [4.69, 9.17) is 4.74 Å². The van der Waals surface area contributed by atoms with E-state index in [0.717, 1.165) is 25.9 Å². The van der Waals surface area contributed by atoms with Gasteiger partial charge in [0.2, 0.25) is 5.91 Å². The van der Waals surface area contributed by atoms with Crippen LogP contribution in [0.25, 0.3) is 0 Å². The van der Waals surface area contributed by atoms with Crippen molar-refractivity contribution >= 4 is 11.9 Å². The minimum absolute atomic E-state index is 0.0343. The van der Waals surface area contributed by atoms with Gasteiger partial charge in [-0.15, -0.1) is 0 Å². The quantitative estimate of drug-likeness (QED) is 0.784. The van der Waals surface area contributed by atoms with Gasteiger partial charge >= 0.3 is 5.97 Å². The van der Waals surface area contributed by atoms with E-state index in [1.807, 2.05) is 0 Å². The van der Waals surface area contributed by atoms with Gasteiger partial charge in [-0.1, -0.05) is 0 Å². The number of carbonyl (C=O) groups is 2. The van der Waals surface area contributed by atoms with E-state index in [1.165, 1.54) is 0 Å². The summed E-state index contributed by atoms with van der Waals surface area (Å²) in [6, 6.07) is -0.667. The predicted molar refractivity (Wildman–Crippen MR) is 73.4 cm³/mol. The van der Waals surface area contributed by atoms with E-state index in [1.54, 1.807) is 12.0 Å². The molecule has 2 saturated heterocycles. The molecule has 2 rings (SSSR count). The minimum Gasteiger partial charge on any atom is -0.480 e. The number of hydrogen-bond donors (Lipinski definition) is 2. The standard InChI is InChI=1S/C14H24N2O4/c1-20-10-14(5-7-15-8-6-14)13(19)16-9-3-2-4-11(16)12(17)18/h11,15H,2-10H2,1H3,(H,17,18). The molecule has 0 aliphatic carbocycles. The second-order valence-corrected chi connectivity index (χ2v) is 5.81. The largest absolute Gasteiger partial charge is 0.480 e. The number of hydrogen-bond acceptors (Lipinski definition) is 4. The van der Waals surface area contributed by atoms with Gasteiger partial charge in [-0.05, 0) is 45.2 Å². The highest BCUT2D eigenvalue weighted by Gasteiger charge is 2.45. The van der Waals surface area contributed by atoms with Crippen LogP contribution in [0.3, 0.4) is 0 Å². The smallest absolute Gasteiger partial charge is 0.326 e. The van der Waals surface area contributed by atoms with Crippen LogP contribution in [0, 0.1) is 5.41 Å². The average molecular weight is 284 g/mol. The highest BCUT2D eigenvalue weighted by atomic mass is 16.5. The number of ether oxygens (including phenoxy) is 1. The van der Waals surface area contributed by atoms with Crippen molar-refractivity contribution in [3.63, 3.8) is 0 Å². The summed E-state index contributed by atoms with van der Waals surface area (Å²) in [6.07, 6.45) is 3.74. The molecule has 2 aliphatic rings. The molecule has 0 aromatic heterocycles. The molecular weight excluding hydrogens is 260 g/mol. The van der Waals surface area contributed by atoms with Crippen LogP contribution in [0.15, 0.2) is 0 Å². The third-order valence-electron chi connectivity index (χ3n) is 4.48. The van der Waals surface area contributed by atoms with Gasteiger partial charge in [0.25, 0.3) is 0 Å². The van der Waals surface area contributed by atoms with E-state index in [9.17, 15) is 14.7 Å². The Hall–Kier alpha value is -1.14. The van der Waals surface area contributed by atoms with Crippen LogP contribution in [0.2, 0.25) is 0 Å². The first-order valence-electron chi connectivity index (χ1n) is 7.34. The first kappa shape index (κ1) is 15.3. The van der Waals surface area contributed by atoms with Crippen molar-refractivity contribution in [2.24, 2.45) is 5.41 Å². The first-order chi connectivity index (χ1) is 9.60. The fraction of sp³-hybridized carbons (Fsp3) is 0.857. The molecule has 0 bridgehead atoms. The molecule has 1 amide bonds. The Balaban J connectivity index is 2.18. The van der Waals surface area contributed by atoms with Crippen LogP contribution in [0.1, 0.15) is 32.1 Å². The Labute approximate surface area is 119 Å². The second kappa shape index (κ2) is 6.54. The maximum absolute atomic E-state index is 12.9. The lowest BCUT2D eigenvalue weighted by Gasteiger charge is -2.43. The molecular formula is C14H24N2O4. The number of carboxylic acid groups (broad SMARTS) is 1. The number of carboxylic acids is 1. The zero-order valence-electron chi connectivity index (χ0n) is 12.1. The monoisotopic (exact) mass is 284 g/mol. The van der Waals surface area contributed by atoms with E-state index >= 15 is 0 Å². The molecule has 6 nitrogen and oxygen atoms in total. The van der Waals surface area contributed by atoms with Crippen molar-refractivity contribution in [1.82, 2.24) is 10.2 Å². The average Bonchev–Trinajstić information content (AvgIpc) is 2.47. The Kier molecular flexibility index (Phi) is 4.99. The van der Waals surface area contributed by atoms with Gasteiger partial charge in [0, 0.05) is 13.7 Å². The summed E-state index contributed by atoms with van der Waals surface area (Å²) in [5, 5.41) is 12.6. The summed E-state index contributed by atoms with van der Waals surface area (Å²) in [4.78, 5) is 25.9. The number of piperidine rings is 2. The molecule has 0 radical (unpaired) electrons. The Morgan fingerprint density at radius 3 is 2.65 bits per heavy atom. The Morgan fingerprint density at radius 1 is 1.35 bits per heavy atom. The summed E-state index contributed by atoms with van der Waals surface area (Å²) in [5.41, 5.74) is -0.551. The van der Waals surface area contributed by atoms with E-state index in [2.05, 4.69) is 5.32 Å². The zero-order valence-corrected chi connectivity index (χ0v) is 12.1. The lowest BCUT2D eigenvalue weighted by Crippen LogP contribution is -2.57. The number of aliphatic carboxylic acids is 1. The van der Waals surface area contributed by atoms with Gasteiger partial charge in [0.05, 0.1) is 12.0 Å². The molecule has 2 heterocycles. The molecule has 2 fully saturated rings. The third-order valence-corrected chi connectivity index (χ3v) is 4.48. The van der Waals surface area contributed by atoms with Crippen LogP contribution < -0.4 is 5.32 Å². The Morgan fingerprint density at radius 2 is 2.05 bits per heavy atom. The molecule has 2 N–H and O–H groups in total. The second-order valence-electron chi connectivity index (χ2n) is 5.81. The normalized spacial score (nSPS) is 26.2. The molecule has 0 aromatic carbocycles. The van der Waals surface area contributed by atoms with E-state index in [0.29, 0.717) is 32.4 Å². The van der Waals surface area contributed by atoms with Crippen LogP contribution in [0.4, 0.5) is 0 Å². The first-order valence-corrected chi connectivity index (χ1v) is 7.34. The lowest BCUT2D eigenvalue weighted by atomic mass is 9.77. The maximum Gasteiger partial charge on any atom is 0.326 e. The van der Waals surface area contributed by atoms with Crippen molar-refractivity contribution in [2.45, 2.75) is 38.1 Å². The van der Waals surface area contributed by atoms with Crippen molar-refractivity contribution < 1.29 is 19.4 Å². The molecule has 6 heteroatoms. The third kappa shape index (κ3) is 2.96. The van der Waals surface area contributed by atoms with Crippen molar-refractivity contribution in [3.05, 3.63) is 0 Å². The number of nitrogens with zero attached hydrogens (tertiary/aromatic N) is 1. The summed E-state index contributed by atoms with van der Waals surface area (Å²) in [6.45, 7) is 2.48. The number of rotatable bonds is 4. The number of amides is 1. The molecule has 2 aliphatic heterocycles. The van der Waals surface area contributed by atoms with Gasteiger partial charge in [0.15, 0.2) is 0 Å². The van der Waals surface area contributed by atoms with Gasteiger partial charge in [-0.2, -0.15) is 0 Å². The van der Waals surface area contributed by atoms with Gasteiger partial charge in [0.1, 0.15) is 6.04 Å². The zero-order chi connectivity index (χ0) is 14.6. The highest BCUT2D eigenvalue weighted by molar-refractivity contribution is 5.88. The van der Waals surface area contributed by atoms with Gasteiger partial charge in [-0.25, -0.2) is 4.79 Å². The van der Waals surface area contributed by atoms with Crippen molar-refractivity contribution in [3.8, 4) is 0 Å². The molecule has 20 heavy (non-hydrogen) atoms. The van der Waals surface area contributed by atoms with Gasteiger partial charge in [-0.3, -0.25) is 4.79 Å². The Bertz CT molecular complexity index is 361. The van der Waals surface area contributed by atoms with Crippen LogP contribution >= 0.6 is 0 Å². The SMILES string of the molecule is COCC1(C(=O)N2CCCCC2C(=O)O)CCNCC1. The molecule has 0 saturated carbocycles. The summed E-state index contributed by atoms with van der Waals surface area (Å²) in [7, 11) is 1.60. The number of carbonyl (C=O) groups excluding carboxylic acids is 1. The van der Waals surface area contributed by atoms with Crippen LogP contribution in [-0.2, 0) is 14.3 Å². The minimum atomic E-state index is -0.889. The van der Waals surface area contributed by atoms with E-state index in [-0.39, 0.29) is 5.91 Å². The molecule has 1 atom stereocenters.